The number of hydrogen-bond acceptors (Lipinski definition) is 3. The summed E-state index contributed by atoms with van der Waals surface area (Å²) in [5.74, 6) is 0.367. The highest BCUT2D eigenvalue weighted by atomic mass is 127. The predicted octanol–water partition coefficient (Wildman–Crippen LogP) is 3.77. The normalized spacial score (nSPS) is 18.6. The molecule has 1 aliphatic heterocycles. The Morgan fingerprint density at radius 1 is 1.42 bits per heavy atom. The maximum atomic E-state index is 6.21. The largest absolute Gasteiger partial charge is 0.381 e. The van der Waals surface area contributed by atoms with Crippen LogP contribution < -0.4 is 11.1 Å². The van der Waals surface area contributed by atoms with Gasteiger partial charge in [0.2, 0.25) is 0 Å². The van der Waals surface area contributed by atoms with Gasteiger partial charge in [-0.2, -0.15) is 0 Å². The molecule has 3 N–H and O–H groups in total. The summed E-state index contributed by atoms with van der Waals surface area (Å²) in [5, 5.41) is 4.36. The van der Waals surface area contributed by atoms with Crippen LogP contribution in [0.1, 0.15) is 31.4 Å². The van der Waals surface area contributed by atoms with Crippen molar-refractivity contribution in [2.75, 3.05) is 26.9 Å². The van der Waals surface area contributed by atoms with Gasteiger partial charge in [-0.1, -0.05) is 29.3 Å². The van der Waals surface area contributed by atoms with E-state index in [1.54, 1.807) is 19.2 Å². The number of methoxy groups -OCH3 is 1. The molecule has 5 nitrogen and oxygen atoms in total. The van der Waals surface area contributed by atoms with Crippen LogP contribution in [0, 0.1) is 0 Å². The van der Waals surface area contributed by atoms with E-state index in [1.165, 1.54) is 0 Å². The lowest BCUT2D eigenvalue weighted by Crippen LogP contribution is -2.43. The summed E-state index contributed by atoms with van der Waals surface area (Å²) in [4.78, 5) is 4.44. The number of guanidine groups is 1. The van der Waals surface area contributed by atoms with E-state index in [9.17, 15) is 0 Å². The summed E-state index contributed by atoms with van der Waals surface area (Å²) < 4.78 is 11.0. The molecule has 1 saturated heterocycles. The van der Waals surface area contributed by atoms with Crippen LogP contribution in [0.4, 0.5) is 0 Å². The van der Waals surface area contributed by atoms with Crippen molar-refractivity contribution in [3.63, 3.8) is 0 Å². The molecule has 1 atom stereocenters. The minimum Gasteiger partial charge on any atom is -0.381 e. The average Bonchev–Trinajstić information content (AvgIpc) is 2.53. The van der Waals surface area contributed by atoms with E-state index in [2.05, 4.69) is 10.3 Å². The second kappa shape index (κ2) is 10.0. The Kier molecular flexibility index (Phi) is 9.08. The van der Waals surface area contributed by atoms with Crippen molar-refractivity contribution in [2.24, 2.45) is 10.7 Å². The lowest BCUT2D eigenvalue weighted by Gasteiger charge is -2.34. The van der Waals surface area contributed by atoms with Gasteiger partial charge in [0, 0.05) is 43.2 Å². The molecule has 1 aromatic carbocycles. The standard InChI is InChI=1S/C16H23Cl2N3O2.HI/c1-11(13-4-3-12(17)9-14(13)18)21-15(19)20-10-16(22-2)5-7-23-8-6-16;/h3-4,9,11H,5-8,10H2,1-2H3,(H3,19,20,21);1H. The van der Waals surface area contributed by atoms with E-state index >= 15 is 0 Å². The molecule has 24 heavy (non-hydrogen) atoms. The summed E-state index contributed by atoms with van der Waals surface area (Å²) in [7, 11) is 1.71. The second-order valence-corrected chi connectivity index (χ2v) is 6.58. The fourth-order valence-corrected chi connectivity index (χ4v) is 3.17. The van der Waals surface area contributed by atoms with E-state index in [0.717, 1.165) is 18.4 Å². The highest BCUT2D eigenvalue weighted by molar-refractivity contribution is 14.0. The molecule has 1 aliphatic rings. The molecule has 136 valence electrons. The Balaban J connectivity index is 0.00000288. The molecule has 8 heteroatoms. The van der Waals surface area contributed by atoms with Gasteiger partial charge in [-0.15, -0.1) is 24.0 Å². The van der Waals surface area contributed by atoms with E-state index < -0.39 is 0 Å². The Morgan fingerprint density at radius 3 is 2.67 bits per heavy atom. The molecule has 0 saturated carbocycles. The monoisotopic (exact) mass is 487 g/mol. The van der Waals surface area contributed by atoms with Crippen molar-refractivity contribution in [2.45, 2.75) is 31.4 Å². The fourth-order valence-electron chi connectivity index (χ4n) is 2.60. The third kappa shape index (κ3) is 5.91. The van der Waals surface area contributed by atoms with Crippen molar-refractivity contribution < 1.29 is 9.47 Å². The van der Waals surface area contributed by atoms with Gasteiger partial charge in [-0.25, -0.2) is 0 Å². The van der Waals surface area contributed by atoms with Crippen LogP contribution in [0.25, 0.3) is 0 Å². The lowest BCUT2D eigenvalue weighted by molar-refractivity contribution is -0.0828. The molecule has 2 rings (SSSR count). The molecule has 0 aliphatic carbocycles. The number of halogens is 3. The number of benzene rings is 1. The first-order chi connectivity index (χ1) is 11.0. The van der Waals surface area contributed by atoms with Gasteiger partial charge in [0.15, 0.2) is 5.96 Å². The van der Waals surface area contributed by atoms with E-state index in [4.69, 9.17) is 38.4 Å². The number of hydrogen-bond donors (Lipinski definition) is 2. The van der Waals surface area contributed by atoms with Crippen molar-refractivity contribution in [3.05, 3.63) is 33.8 Å². The average molecular weight is 488 g/mol. The smallest absolute Gasteiger partial charge is 0.189 e. The summed E-state index contributed by atoms with van der Waals surface area (Å²) >= 11 is 12.1. The van der Waals surface area contributed by atoms with Gasteiger partial charge < -0.3 is 20.5 Å². The third-order valence-corrected chi connectivity index (χ3v) is 4.73. The summed E-state index contributed by atoms with van der Waals surface area (Å²) in [6, 6.07) is 5.32. The zero-order chi connectivity index (χ0) is 16.9. The minimum atomic E-state index is -0.286. The fraction of sp³-hybridized carbons (Fsp3) is 0.562. The van der Waals surface area contributed by atoms with E-state index in [0.29, 0.717) is 35.8 Å². The van der Waals surface area contributed by atoms with Crippen molar-refractivity contribution in [1.29, 1.82) is 0 Å². The van der Waals surface area contributed by atoms with Crippen molar-refractivity contribution >= 4 is 53.1 Å². The zero-order valence-corrected chi connectivity index (χ0v) is 17.7. The van der Waals surface area contributed by atoms with Gasteiger partial charge in [-0.3, -0.25) is 4.99 Å². The van der Waals surface area contributed by atoms with Crippen LogP contribution in [0.3, 0.4) is 0 Å². The number of aliphatic imine (C=N–C) groups is 1. The van der Waals surface area contributed by atoms with Crippen molar-refractivity contribution in [1.82, 2.24) is 5.32 Å². The number of rotatable bonds is 5. The van der Waals surface area contributed by atoms with Crippen LogP contribution in [-0.4, -0.2) is 38.4 Å². The molecule has 0 spiro atoms. The first kappa shape index (κ1) is 21.8. The summed E-state index contributed by atoms with van der Waals surface area (Å²) in [6.45, 7) is 3.85. The Labute approximate surface area is 170 Å². The molecule has 1 unspecified atom stereocenters. The molecule has 0 bridgehead atoms. The number of nitrogens with one attached hydrogen (secondary N) is 1. The number of ether oxygens (including phenoxy) is 2. The molecule has 1 aromatic rings. The van der Waals surface area contributed by atoms with Gasteiger partial charge in [0.25, 0.3) is 0 Å². The highest BCUT2D eigenvalue weighted by Gasteiger charge is 2.32. The van der Waals surface area contributed by atoms with Crippen LogP contribution in [-0.2, 0) is 9.47 Å². The zero-order valence-electron chi connectivity index (χ0n) is 13.9. The number of nitrogens with two attached hydrogens (primary N) is 1. The first-order valence-corrected chi connectivity index (χ1v) is 8.36. The topological polar surface area (TPSA) is 68.9 Å². The van der Waals surface area contributed by atoms with Crippen LogP contribution in [0.15, 0.2) is 23.2 Å². The molecule has 1 fully saturated rings. The Bertz CT molecular complexity index is 566. The summed E-state index contributed by atoms with van der Waals surface area (Å²) in [5.41, 5.74) is 6.64. The SMILES string of the molecule is COC1(CN=C(N)NC(C)c2ccc(Cl)cc2Cl)CCOCC1.I. The lowest BCUT2D eigenvalue weighted by atomic mass is 9.94. The molecule has 0 radical (unpaired) electrons. The van der Waals surface area contributed by atoms with Crippen LogP contribution in [0.5, 0.6) is 0 Å². The Hall–Kier alpha value is -0.280. The van der Waals surface area contributed by atoms with Gasteiger partial charge in [0.1, 0.15) is 0 Å². The maximum Gasteiger partial charge on any atom is 0.189 e. The quantitative estimate of drug-likeness (QED) is 0.377. The molecular weight excluding hydrogens is 464 g/mol. The Morgan fingerprint density at radius 2 is 2.08 bits per heavy atom. The van der Waals surface area contributed by atoms with Crippen LogP contribution in [0.2, 0.25) is 10.0 Å². The molecule has 0 aromatic heterocycles. The number of nitrogens with zero attached hydrogens (tertiary/aromatic N) is 1. The first-order valence-electron chi connectivity index (χ1n) is 7.60. The molecule has 1 heterocycles. The second-order valence-electron chi connectivity index (χ2n) is 5.73. The third-order valence-electron chi connectivity index (χ3n) is 4.17. The van der Waals surface area contributed by atoms with Crippen LogP contribution >= 0.6 is 47.2 Å². The van der Waals surface area contributed by atoms with E-state index in [-0.39, 0.29) is 35.6 Å². The van der Waals surface area contributed by atoms with Gasteiger partial charge in [-0.05, 0) is 24.6 Å². The van der Waals surface area contributed by atoms with Gasteiger partial charge in [0.05, 0.1) is 18.2 Å². The van der Waals surface area contributed by atoms with Crippen molar-refractivity contribution in [3.8, 4) is 0 Å². The molecular formula is C16H24Cl2IN3O2. The minimum absolute atomic E-state index is 0. The highest BCUT2D eigenvalue weighted by Crippen LogP contribution is 2.26. The summed E-state index contributed by atoms with van der Waals surface area (Å²) in [6.07, 6.45) is 1.64. The van der Waals surface area contributed by atoms with E-state index in [1.807, 2.05) is 13.0 Å². The predicted molar refractivity (Wildman–Crippen MR) is 110 cm³/mol. The maximum absolute atomic E-state index is 6.21. The molecule has 0 amide bonds. The van der Waals surface area contributed by atoms with Gasteiger partial charge >= 0.3 is 0 Å².